The molecule has 0 aliphatic heterocycles. The lowest BCUT2D eigenvalue weighted by atomic mass is 9.88. The molecular weight excluding hydrogens is 258 g/mol. The molecule has 1 atom stereocenters. The third-order valence-electron chi connectivity index (χ3n) is 3.40. The number of aliphatic hydroxyl groups is 1. The summed E-state index contributed by atoms with van der Waals surface area (Å²) in [5.41, 5.74) is -0.831. The summed E-state index contributed by atoms with van der Waals surface area (Å²) in [7, 11) is 0. The molecule has 1 saturated carbocycles. The summed E-state index contributed by atoms with van der Waals surface area (Å²) in [5.74, 6) is 0. The number of nitrogens with one attached hydrogen (secondary N) is 1. The Bertz CT molecular complexity index is 389. The van der Waals surface area contributed by atoms with E-state index in [9.17, 15) is 5.11 Å². The van der Waals surface area contributed by atoms with Crippen LogP contribution in [0.4, 0.5) is 0 Å². The van der Waals surface area contributed by atoms with Crippen LogP contribution in [-0.4, -0.2) is 29.4 Å². The second kappa shape index (κ2) is 5.52. The highest BCUT2D eigenvalue weighted by Crippen LogP contribution is 2.29. The highest BCUT2D eigenvalue weighted by Gasteiger charge is 2.34. The number of thiophene rings is 1. The van der Waals surface area contributed by atoms with E-state index in [4.69, 9.17) is 4.74 Å². The Hall–Kier alpha value is -0.420. The molecule has 2 rings (SSSR count). The van der Waals surface area contributed by atoms with Crippen LogP contribution in [0, 0.1) is 0 Å². The molecule has 1 unspecified atom stereocenters. The smallest absolute Gasteiger partial charge is 0.108 e. The SMILES string of the molecule is CC(C)(C)OC1CC(NCC(C)(O)c2cccs2)C1. The van der Waals surface area contributed by atoms with E-state index < -0.39 is 5.60 Å². The molecule has 0 aromatic carbocycles. The summed E-state index contributed by atoms with van der Waals surface area (Å²) in [6, 6.07) is 4.43. The molecule has 1 aromatic rings. The van der Waals surface area contributed by atoms with Gasteiger partial charge in [0, 0.05) is 17.5 Å². The van der Waals surface area contributed by atoms with Crippen molar-refractivity contribution >= 4 is 11.3 Å². The monoisotopic (exact) mass is 283 g/mol. The molecule has 1 aromatic heterocycles. The topological polar surface area (TPSA) is 41.5 Å². The molecule has 0 spiro atoms. The normalized spacial score (nSPS) is 26.8. The van der Waals surface area contributed by atoms with Gasteiger partial charge in [-0.15, -0.1) is 11.3 Å². The van der Waals surface area contributed by atoms with Crippen LogP contribution in [0.15, 0.2) is 17.5 Å². The third kappa shape index (κ3) is 4.28. The van der Waals surface area contributed by atoms with Crippen molar-refractivity contribution in [1.29, 1.82) is 0 Å². The summed E-state index contributed by atoms with van der Waals surface area (Å²) < 4.78 is 5.91. The van der Waals surface area contributed by atoms with Crippen LogP contribution in [-0.2, 0) is 10.3 Å². The third-order valence-corrected chi connectivity index (χ3v) is 4.52. The van der Waals surface area contributed by atoms with Crippen LogP contribution >= 0.6 is 11.3 Å². The Kier molecular flexibility index (Phi) is 4.35. The Morgan fingerprint density at radius 1 is 1.37 bits per heavy atom. The van der Waals surface area contributed by atoms with Crippen molar-refractivity contribution < 1.29 is 9.84 Å². The molecule has 0 radical (unpaired) electrons. The molecule has 3 nitrogen and oxygen atoms in total. The minimum Gasteiger partial charge on any atom is -0.383 e. The number of hydrogen-bond donors (Lipinski definition) is 2. The van der Waals surface area contributed by atoms with Crippen molar-refractivity contribution in [2.24, 2.45) is 0 Å². The standard InChI is InChI=1S/C15H25NO2S/c1-14(2,3)18-12-8-11(9-12)16-10-15(4,17)13-6-5-7-19-13/h5-7,11-12,16-17H,8-10H2,1-4H3. The van der Waals surface area contributed by atoms with Crippen LogP contribution in [0.1, 0.15) is 45.4 Å². The van der Waals surface area contributed by atoms with Crippen molar-refractivity contribution in [2.75, 3.05) is 6.54 Å². The van der Waals surface area contributed by atoms with E-state index in [2.05, 4.69) is 26.1 Å². The summed E-state index contributed by atoms with van der Waals surface area (Å²) in [4.78, 5) is 1.02. The number of rotatable bonds is 5. The largest absolute Gasteiger partial charge is 0.383 e. The highest BCUT2D eigenvalue weighted by molar-refractivity contribution is 7.10. The Labute approximate surface area is 120 Å². The zero-order chi connectivity index (χ0) is 14.1. The molecule has 2 N–H and O–H groups in total. The van der Waals surface area contributed by atoms with Crippen LogP contribution < -0.4 is 5.32 Å². The summed E-state index contributed by atoms with van der Waals surface area (Å²) in [6.45, 7) is 8.74. The molecule has 19 heavy (non-hydrogen) atoms. The lowest BCUT2D eigenvalue weighted by Crippen LogP contribution is -2.50. The van der Waals surface area contributed by atoms with Gasteiger partial charge in [-0.3, -0.25) is 0 Å². The van der Waals surface area contributed by atoms with Gasteiger partial charge in [-0.1, -0.05) is 6.07 Å². The van der Waals surface area contributed by atoms with Crippen molar-refractivity contribution in [3.05, 3.63) is 22.4 Å². The van der Waals surface area contributed by atoms with Crippen molar-refractivity contribution in [3.63, 3.8) is 0 Å². The van der Waals surface area contributed by atoms with Gasteiger partial charge in [0.2, 0.25) is 0 Å². The zero-order valence-electron chi connectivity index (χ0n) is 12.3. The average molecular weight is 283 g/mol. The summed E-state index contributed by atoms with van der Waals surface area (Å²) in [5, 5.41) is 15.9. The zero-order valence-corrected chi connectivity index (χ0v) is 13.1. The fraction of sp³-hybridized carbons (Fsp3) is 0.733. The molecule has 1 fully saturated rings. The van der Waals surface area contributed by atoms with Gasteiger partial charge >= 0.3 is 0 Å². The number of ether oxygens (including phenoxy) is 1. The van der Waals surface area contributed by atoms with Gasteiger partial charge in [0.05, 0.1) is 11.7 Å². The highest BCUT2D eigenvalue weighted by atomic mass is 32.1. The van der Waals surface area contributed by atoms with E-state index in [1.807, 2.05) is 24.4 Å². The molecule has 1 aliphatic carbocycles. The van der Waals surface area contributed by atoms with Crippen LogP contribution in [0.5, 0.6) is 0 Å². The second-order valence-corrected chi connectivity index (χ2v) is 7.60. The lowest BCUT2D eigenvalue weighted by Gasteiger charge is -2.40. The van der Waals surface area contributed by atoms with Gasteiger partial charge in [-0.05, 0) is 52.0 Å². The van der Waals surface area contributed by atoms with E-state index in [0.29, 0.717) is 18.7 Å². The van der Waals surface area contributed by atoms with Gasteiger partial charge < -0.3 is 15.2 Å². The second-order valence-electron chi connectivity index (χ2n) is 6.65. The van der Waals surface area contributed by atoms with E-state index in [0.717, 1.165) is 17.7 Å². The van der Waals surface area contributed by atoms with E-state index in [-0.39, 0.29) is 5.60 Å². The summed E-state index contributed by atoms with van der Waals surface area (Å²) >= 11 is 1.60. The lowest BCUT2D eigenvalue weighted by molar-refractivity contribution is -0.104. The van der Waals surface area contributed by atoms with E-state index >= 15 is 0 Å². The molecular formula is C15H25NO2S. The van der Waals surface area contributed by atoms with Crippen LogP contribution in [0.3, 0.4) is 0 Å². The minimum atomic E-state index is -0.774. The molecule has 0 amide bonds. The van der Waals surface area contributed by atoms with Gasteiger partial charge in [-0.25, -0.2) is 0 Å². The first-order valence-electron chi connectivity index (χ1n) is 6.94. The fourth-order valence-corrected chi connectivity index (χ4v) is 3.13. The molecule has 108 valence electrons. The van der Waals surface area contributed by atoms with Crippen LogP contribution in [0.2, 0.25) is 0 Å². The maximum absolute atomic E-state index is 10.4. The molecule has 0 saturated heterocycles. The van der Waals surface area contributed by atoms with Gasteiger partial charge in [0.1, 0.15) is 5.60 Å². The van der Waals surface area contributed by atoms with Gasteiger partial charge in [-0.2, -0.15) is 0 Å². The van der Waals surface area contributed by atoms with Crippen LogP contribution in [0.25, 0.3) is 0 Å². The average Bonchev–Trinajstić information content (AvgIpc) is 2.73. The first-order valence-corrected chi connectivity index (χ1v) is 7.82. The first kappa shape index (κ1) is 15.0. The fourth-order valence-electron chi connectivity index (χ4n) is 2.34. The quantitative estimate of drug-likeness (QED) is 0.873. The van der Waals surface area contributed by atoms with Crippen molar-refractivity contribution in [1.82, 2.24) is 5.32 Å². The van der Waals surface area contributed by atoms with Crippen molar-refractivity contribution in [3.8, 4) is 0 Å². The predicted octanol–water partition coefficient (Wildman–Crippen LogP) is 2.89. The van der Waals surface area contributed by atoms with E-state index in [1.165, 1.54) is 0 Å². The Morgan fingerprint density at radius 2 is 2.05 bits per heavy atom. The maximum atomic E-state index is 10.4. The van der Waals surface area contributed by atoms with Crippen molar-refractivity contribution in [2.45, 2.75) is 63.9 Å². The first-order chi connectivity index (χ1) is 8.76. The molecule has 1 heterocycles. The Morgan fingerprint density at radius 3 is 2.58 bits per heavy atom. The maximum Gasteiger partial charge on any atom is 0.108 e. The van der Waals surface area contributed by atoms with Gasteiger partial charge in [0.15, 0.2) is 0 Å². The summed E-state index contributed by atoms with van der Waals surface area (Å²) in [6.07, 6.45) is 2.44. The molecule has 1 aliphatic rings. The number of hydrogen-bond acceptors (Lipinski definition) is 4. The minimum absolute atomic E-state index is 0.0574. The molecule has 0 bridgehead atoms. The predicted molar refractivity (Wildman–Crippen MR) is 79.5 cm³/mol. The van der Waals surface area contributed by atoms with Gasteiger partial charge in [0.25, 0.3) is 0 Å². The Balaban J connectivity index is 1.71. The molecule has 4 heteroatoms. The van der Waals surface area contributed by atoms with E-state index in [1.54, 1.807) is 11.3 Å².